The van der Waals surface area contributed by atoms with Gasteiger partial charge in [-0.15, -0.1) is 0 Å². The average Bonchev–Trinajstić information content (AvgIpc) is 2.33. The molecule has 100 valence electrons. The Kier molecular flexibility index (Phi) is 4.58. The molecule has 18 heavy (non-hydrogen) atoms. The van der Waals surface area contributed by atoms with Crippen LogP contribution in [0.4, 0.5) is 0 Å². The van der Waals surface area contributed by atoms with Crippen LogP contribution in [0.3, 0.4) is 0 Å². The van der Waals surface area contributed by atoms with E-state index in [4.69, 9.17) is 28.9 Å². The van der Waals surface area contributed by atoms with Crippen molar-refractivity contribution >= 4 is 23.2 Å². The van der Waals surface area contributed by atoms with Gasteiger partial charge in [-0.3, -0.25) is 0 Å². The van der Waals surface area contributed by atoms with Crippen LogP contribution in [-0.2, 0) is 6.42 Å². The van der Waals surface area contributed by atoms with Crippen LogP contribution in [0.1, 0.15) is 44.6 Å². The molecule has 1 nitrogen and oxygen atoms in total. The SMILES string of the molecule is CCC1CCCCC1(N)Cc1ccc(Cl)cc1Cl. The Morgan fingerprint density at radius 1 is 1.33 bits per heavy atom. The van der Waals surface area contributed by atoms with E-state index >= 15 is 0 Å². The highest BCUT2D eigenvalue weighted by molar-refractivity contribution is 6.35. The van der Waals surface area contributed by atoms with Crippen molar-refractivity contribution in [2.45, 2.75) is 51.0 Å². The number of nitrogens with two attached hydrogens (primary N) is 1. The van der Waals surface area contributed by atoms with Crippen LogP contribution in [0.5, 0.6) is 0 Å². The van der Waals surface area contributed by atoms with Crippen molar-refractivity contribution < 1.29 is 0 Å². The molecule has 1 aliphatic carbocycles. The zero-order chi connectivity index (χ0) is 13.2. The summed E-state index contributed by atoms with van der Waals surface area (Å²) in [4.78, 5) is 0. The quantitative estimate of drug-likeness (QED) is 0.845. The van der Waals surface area contributed by atoms with E-state index in [1.54, 1.807) is 0 Å². The van der Waals surface area contributed by atoms with Crippen LogP contribution in [0, 0.1) is 5.92 Å². The van der Waals surface area contributed by atoms with E-state index in [-0.39, 0.29) is 5.54 Å². The molecular weight excluding hydrogens is 265 g/mol. The van der Waals surface area contributed by atoms with Crippen molar-refractivity contribution in [3.8, 4) is 0 Å². The number of hydrogen-bond acceptors (Lipinski definition) is 1. The maximum atomic E-state index is 6.66. The molecule has 2 rings (SSSR count). The lowest BCUT2D eigenvalue weighted by atomic mass is 9.69. The van der Waals surface area contributed by atoms with E-state index in [0.717, 1.165) is 29.8 Å². The van der Waals surface area contributed by atoms with Crippen LogP contribution in [-0.4, -0.2) is 5.54 Å². The first kappa shape index (κ1) is 14.2. The molecule has 1 aliphatic rings. The summed E-state index contributed by atoms with van der Waals surface area (Å²) in [5.41, 5.74) is 7.70. The molecule has 2 unspecified atom stereocenters. The Hall–Kier alpha value is -0.240. The van der Waals surface area contributed by atoms with Crippen molar-refractivity contribution in [3.63, 3.8) is 0 Å². The smallest absolute Gasteiger partial charge is 0.0453 e. The first-order valence-electron chi connectivity index (χ1n) is 6.78. The van der Waals surface area contributed by atoms with Crippen molar-refractivity contribution in [1.29, 1.82) is 0 Å². The second kappa shape index (κ2) is 5.81. The topological polar surface area (TPSA) is 26.0 Å². The molecule has 0 spiro atoms. The molecule has 0 bridgehead atoms. The normalized spacial score (nSPS) is 28.3. The summed E-state index contributed by atoms with van der Waals surface area (Å²) in [7, 11) is 0. The van der Waals surface area contributed by atoms with Crippen molar-refractivity contribution in [1.82, 2.24) is 0 Å². The van der Waals surface area contributed by atoms with E-state index in [2.05, 4.69) is 6.92 Å². The van der Waals surface area contributed by atoms with Gasteiger partial charge in [-0.2, -0.15) is 0 Å². The Balaban J connectivity index is 2.20. The lowest BCUT2D eigenvalue weighted by Gasteiger charge is -2.41. The summed E-state index contributed by atoms with van der Waals surface area (Å²) in [5.74, 6) is 0.609. The van der Waals surface area contributed by atoms with Gasteiger partial charge in [0.15, 0.2) is 0 Å². The van der Waals surface area contributed by atoms with E-state index in [1.165, 1.54) is 19.3 Å². The van der Waals surface area contributed by atoms with Crippen LogP contribution >= 0.6 is 23.2 Å². The van der Waals surface area contributed by atoms with Gasteiger partial charge in [0.25, 0.3) is 0 Å². The lowest BCUT2D eigenvalue weighted by Crippen LogP contribution is -2.50. The van der Waals surface area contributed by atoms with Crippen molar-refractivity contribution in [2.24, 2.45) is 11.7 Å². The average molecular weight is 286 g/mol. The maximum Gasteiger partial charge on any atom is 0.0453 e. The van der Waals surface area contributed by atoms with Gasteiger partial charge in [-0.25, -0.2) is 0 Å². The molecule has 1 aromatic carbocycles. The minimum Gasteiger partial charge on any atom is -0.325 e. The fourth-order valence-corrected chi connectivity index (χ4v) is 3.67. The zero-order valence-corrected chi connectivity index (χ0v) is 12.4. The van der Waals surface area contributed by atoms with Crippen LogP contribution < -0.4 is 5.73 Å². The summed E-state index contributed by atoms with van der Waals surface area (Å²) < 4.78 is 0. The molecule has 0 radical (unpaired) electrons. The van der Waals surface area contributed by atoms with Crippen LogP contribution in [0.25, 0.3) is 0 Å². The van der Waals surface area contributed by atoms with Gasteiger partial charge in [0, 0.05) is 15.6 Å². The number of rotatable bonds is 3. The summed E-state index contributed by atoms with van der Waals surface area (Å²) >= 11 is 12.2. The molecule has 2 N–H and O–H groups in total. The standard InChI is InChI=1S/C15H21Cl2N/c1-2-12-5-3-4-8-15(12,18)10-11-6-7-13(16)9-14(11)17/h6-7,9,12H,2-5,8,10,18H2,1H3. The third kappa shape index (κ3) is 3.01. The molecule has 1 aromatic rings. The Labute approximate surface area is 120 Å². The van der Waals surface area contributed by atoms with Crippen LogP contribution in [0.2, 0.25) is 10.0 Å². The van der Waals surface area contributed by atoms with Gasteiger partial charge >= 0.3 is 0 Å². The highest BCUT2D eigenvalue weighted by atomic mass is 35.5. The summed E-state index contributed by atoms with van der Waals surface area (Å²) in [6, 6.07) is 5.72. The Morgan fingerprint density at radius 3 is 2.78 bits per heavy atom. The third-order valence-corrected chi connectivity index (χ3v) is 4.87. The molecule has 1 fully saturated rings. The summed E-state index contributed by atoms with van der Waals surface area (Å²) in [5, 5.41) is 1.43. The van der Waals surface area contributed by atoms with Gasteiger partial charge in [0.2, 0.25) is 0 Å². The van der Waals surface area contributed by atoms with Gasteiger partial charge in [0.1, 0.15) is 0 Å². The third-order valence-electron chi connectivity index (χ3n) is 4.29. The minimum atomic E-state index is -0.0928. The van der Waals surface area contributed by atoms with E-state index < -0.39 is 0 Å². The molecule has 0 saturated heterocycles. The number of halogens is 2. The highest BCUT2D eigenvalue weighted by Crippen LogP contribution is 2.37. The highest BCUT2D eigenvalue weighted by Gasteiger charge is 2.36. The van der Waals surface area contributed by atoms with Gasteiger partial charge in [0.05, 0.1) is 0 Å². The molecule has 2 atom stereocenters. The Morgan fingerprint density at radius 2 is 2.11 bits per heavy atom. The molecule has 0 amide bonds. The fraction of sp³-hybridized carbons (Fsp3) is 0.600. The van der Waals surface area contributed by atoms with E-state index in [1.807, 2.05) is 18.2 Å². The molecule has 1 saturated carbocycles. The fourth-order valence-electron chi connectivity index (χ4n) is 3.20. The molecule has 3 heteroatoms. The van der Waals surface area contributed by atoms with Gasteiger partial charge in [-0.1, -0.05) is 55.5 Å². The van der Waals surface area contributed by atoms with E-state index in [0.29, 0.717) is 10.9 Å². The minimum absolute atomic E-state index is 0.0928. The summed E-state index contributed by atoms with van der Waals surface area (Å²) in [6.45, 7) is 2.24. The maximum absolute atomic E-state index is 6.66. The van der Waals surface area contributed by atoms with Crippen molar-refractivity contribution in [3.05, 3.63) is 33.8 Å². The lowest BCUT2D eigenvalue weighted by molar-refractivity contribution is 0.182. The van der Waals surface area contributed by atoms with Crippen molar-refractivity contribution in [2.75, 3.05) is 0 Å². The molecule has 0 aromatic heterocycles. The van der Waals surface area contributed by atoms with Crippen LogP contribution in [0.15, 0.2) is 18.2 Å². The first-order valence-corrected chi connectivity index (χ1v) is 7.53. The predicted octanol–water partition coefficient (Wildman–Crippen LogP) is 4.83. The monoisotopic (exact) mass is 285 g/mol. The second-order valence-corrected chi connectivity index (χ2v) is 6.34. The largest absolute Gasteiger partial charge is 0.325 e. The van der Waals surface area contributed by atoms with Gasteiger partial charge < -0.3 is 5.73 Å². The first-order chi connectivity index (χ1) is 8.55. The summed E-state index contributed by atoms with van der Waals surface area (Å²) in [6.07, 6.45) is 6.91. The van der Waals surface area contributed by atoms with E-state index in [9.17, 15) is 0 Å². The number of benzene rings is 1. The molecular formula is C15H21Cl2N. The molecule has 0 heterocycles. The Bertz CT molecular complexity index is 419. The molecule has 0 aliphatic heterocycles. The second-order valence-electron chi connectivity index (χ2n) is 5.50. The zero-order valence-electron chi connectivity index (χ0n) is 10.9. The number of hydrogen-bond donors (Lipinski definition) is 1. The predicted molar refractivity (Wildman–Crippen MR) is 79.3 cm³/mol. The van der Waals surface area contributed by atoms with Gasteiger partial charge in [-0.05, 0) is 42.9 Å².